The second kappa shape index (κ2) is 5.19. The van der Waals surface area contributed by atoms with Crippen LogP contribution in [0.2, 0.25) is 0 Å². The molecule has 0 aromatic heterocycles. The van der Waals surface area contributed by atoms with E-state index in [0.717, 1.165) is 6.26 Å². The zero-order chi connectivity index (χ0) is 10.5. The molecule has 0 unspecified atom stereocenters. The van der Waals surface area contributed by atoms with Gasteiger partial charge in [0.2, 0.25) is 0 Å². The summed E-state index contributed by atoms with van der Waals surface area (Å²) < 4.78 is 31.9. The molecule has 6 heteroatoms. The van der Waals surface area contributed by atoms with Gasteiger partial charge in [0.15, 0.2) is 5.79 Å². The van der Waals surface area contributed by atoms with E-state index in [1.807, 2.05) is 0 Å². The summed E-state index contributed by atoms with van der Waals surface area (Å²) in [5.41, 5.74) is 0. The Kier molecular flexibility index (Phi) is 5.28. The maximum Gasteiger partial charge on any atom is 0.267 e. The molecule has 0 saturated heterocycles. The molecule has 0 aromatic rings. The van der Waals surface area contributed by atoms with Crippen LogP contribution < -0.4 is 0 Å². The van der Waals surface area contributed by atoms with Gasteiger partial charge in [0.05, 0.1) is 6.26 Å². The van der Waals surface area contributed by atoms with Crippen LogP contribution in [0.4, 0.5) is 0 Å². The van der Waals surface area contributed by atoms with Crippen LogP contribution in [0.25, 0.3) is 0 Å². The van der Waals surface area contributed by atoms with Crippen molar-refractivity contribution in [3.8, 4) is 0 Å². The number of hydrogen-bond acceptors (Lipinski definition) is 5. The van der Waals surface area contributed by atoms with Crippen molar-refractivity contribution >= 4 is 22.7 Å². The van der Waals surface area contributed by atoms with Gasteiger partial charge in [-0.2, -0.15) is 21.0 Å². The summed E-state index contributed by atoms with van der Waals surface area (Å²) in [7, 11) is -3.50. The molecule has 0 aliphatic rings. The molecule has 0 aromatic carbocycles. The van der Waals surface area contributed by atoms with Crippen molar-refractivity contribution in [2.24, 2.45) is 0 Å². The first-order valence-corrected chi connectivity index (χ1v) is 6.49. The van der Waals surface area contributed by atoms with Gasteiger partial charge >= 0.3 is 0 Å². The van der Waals surface area contributed by atoms with E-state index in [1.54, 1.807) is 13.8 Å². The van der Waals surface area contributed by atoms with Crippen molar-refractivity contribution < 1.29 is 17.3 Å². The van der Waals surface area contributed by atoms with Crippen LogP contribution in [0, 0.1) is 0 Å². The van der Waals surface area contributed by atoms with Crippen LogP contribution >= 0.6 is 12.6 Å². The highest BCUT2D eigenvalue weighted by molar-refractivity contribution is 7.86. The molecule has 0 radical (unpaired) electrons. The topological polar surface area (TPSA) is 52.6 Å². The predicted octanol–water partition coefficient (Wildman–Crippen LogP) is 1.04. The van der Waals surface area contributed by atoms with Gasteiger partial charge in [-0.15, -0.1) is 0 Å². The lowest BCUT2D eigenvalue weighted by atomic mass is 10.2. The zero-order valence-electron chi connectivity index (χ0n) is 8.11. The summed E-state index contributed by atoms with van der Waals surface area (Å²) in [6, 6.07) is 0. The quantitative estimate of drug-likeness (QED) is 0.419. The lowest BCUT2D eigenvalue weighted by molar-refractivity contribution is -0.160. The lowest BCUT2D eigenvalue weighted by Gasteiger charge is -2.29. The fourth-order valence-corrected chi connectivity index (χ4v) is 2.15. The molecule has 0 spiro atoms. The van der Waals surface area contributed by atoms with Crippen LogP contribution in [0.5, 0.6) is 0 Å². The van der Waals surface area contributed by atoms with Crippen LogP contribution in [0.15, 0.2) is 0 Å². The molecule has 4 nitrogen and oxygen atoms in total. The Morgan fingerprint density at radius 2 is 1.92 bits per heavy atom. The number of rotatable bonds is 6. The minimum Gasteiger partial charge on any atom is -0.348 e. The van der Waals surface area contributed by atoms with Gasteiger partial charge in [-0.25, -0.2) is 4.18 Å². The average molecular weight is 228 g/mol. The summed E-state index contributed by atoms with van der Waals surface area (Å²) in [4.78, 5) is 0. The third-order valence-electron chi connectivity index (χ3n) is 1.49. The summed E-state index contributed by atoms with van der Waals surface area (Å²) in [6.07, 6.45) is 1.44. The van der Waals surface area contributed by atoms with Crippen molar-refractivity contribution in [2.75, 3.05) is 18.6 Å². The Bertz CT molecular complexity index is 231. The second-order valence-corrected chi connectivity index (χ2v) is 4.53. The molecule has 0 rings (SSSR count). The Morgan fingerprint density at radius 1 is 1.38 bits per heavy atom. The van der Waals surface area contributed by atoms with E-state index in [2.05, 4.69) is 12.6 Å². The summed E-state index contributed by atoms with van der Waals surface area (Å²) in [6.45, 7) is 3.96. The zero-order valence-corrected chi connectivity index (χ0v) is 9.82. The Labute approximate surface area is 85.1 Å². The molecule has 1 atom stereocenters. The molecule has 0 heterocycles. The second-order valence-electron chi connectivity index (χ2n) is 2.64. The summed E-state index contributed by atoms with van der Waals surface area (Å²) in [5.74, 6) is -0.893. The van der Waals surface area contributed by atoms with Gasteiger partial charge < -0.3 is 4.74 Å². The first-order valence-electron chi connectivity index (χ1n) is 4.04. The maximum absolute atomic E-state index is 10.9. The molecule has 80 valence electrons. The van der Waals surface area contributed by atoms with Gasteiger partial charge in [-0.3, -0.25) is 0 Å². The van der Waals surface area contributed by atoms with Crippen molar-refractivity contribution in [1.82, 2.24) is 0 Å². The highest BCUT2D eigenvalue weighted by atomic mass is 32.2. The molecule has 0 bridgehead atoms. The van der Waals surface area contributed by atoms with Crippen molar-refractivity contribution in [1.29, 1.82) is 0 Å². The third kappa shape index (κ3) is 4.85. The largest absolute Gasteiger partial charge is 0.348 e. The molecule has 0 N–H and O–H groups in total. The van der Waals surface area contributed by atoms with Crippen molar-refractivity contribution in [2.45, 2.75) is 26.1 Å². The molecule has 13 heavy (non-hydrogen) atoms. The van der Waals surface area contributed by atoms with Crippen LogP contribution in [0.1, 0.15) is 20.3 Å². The number of thiol groups is 1. The molecular weight excluding hydrogens is 212 g/mol. The van der Waals surface area contributed by atoms with Gasteiger partial charge in [-0.05, 0) is 6.92 Å². The van der Waals surface area contributed by atoms with E-state index < -0.39 is 15.9 Å². The van der Waals surface area contributed by atoms with Crippen LogP contribution in [-0.2, 0) is 19.0 Å². The minimum atomic E-state index is -3.50. The fourth-order valence-electron chi connectivity index (χ4n) is 0.908. The van der Waals surface area contributed by atoms with E-state index in [4.69, 9.17) is 8.92 Å². The molecule has 0 fully saturated rings. The van der Waals surface area contributed by atoms with E-state index >= 15 is 0 Å². The molecule has 0 saturated carbocycles. The molecule has 0 amide bonds. The molecular formula is C7H16O4S2. The first kappa shape index (κ1) is 13.2. The van der Waals surface area contributed by atoms with E-state index in [-0.39, 0.29) is 5.75 Å². The number of hydrogen-bond donors (Lipinski definition) is 1. The van der Waals surface area contributed by atoms with E-state index in [0.29, 0.717) is 13.0 Å². The van der Waals surface area contributed by atoms with Gasteiger partial charge in [0.25, 0.3) is 10.1 Å². The molecule has 0 aliphatic heterocycles. The molecule has 0 aliphatic carbocycles. The summed E-state index contributed by atoms with van der Waals surface area (Å²) in [5, 5.41) is 0. The Hall–Kier alpha value is 0.220. The predicted molar refractivity (Wildman–Crippen MR) is 54.4 cm³/mol. The smallest absolute Gasteiger partial charge is 0.267 e. The van der Waals surface area contributed by atoms with Gasteiger partial charge in [-0.1, -0.05) is 6.92 Å². The van der Waals surface area contributed by atoms with E-state index in [9.17, 15) is 8.42 Å². The van der Waals surface area contributed by atoms with Crippen molar-refractivity contribution in [3.63, 3.8) is 0 Å². The highest BCUT2D eigenvalue weighted by Crippen LogP contribution is 2.21. The van der Waals surface area contributed by atoms with E-state index in [1.165, 1.54) is 0 Å². The highest BCUT2D eigenvalue weighted by Gasteiger charge is 2.32. The standard InChI is InChI=1S/C7H16O4S2/c1-4-7(6-12,10-5-2)11-13(3,8)9/h12H,4-6H2,1-3H3/t7-/m0/s1. The number of ether oxygens (including phenoxy) is 1. The Balaban J connectivity index is 4.57. The van der Waals surface area contributed by atoms with Crippen LogP contribution in [-0.4, -0.2) is 32.8 Å². The van der Waals surface area contributed by atoms with Gasteiger partial charge in [0, 0.05) is 18.8 Å². The average Bonchev–Trinajstić information content (AvgIpc) is 2.01. The maximum atomic E-state index is 10.9. The monoisotopic (exact) mass is 228 g/mol. The fraction of sp³-hybridized carbons (Fsp3) is 1.00. The van der Waals surface area contributed by atoms with Crippen LogP contribution in [0.3, 0.4) is 0 Å². The minimum absolute atomic E-state index is 0.213. The lowest BCUT2D eigenvalue weighted by Crippen LogP contribution is -2.39. The van der Waals surface area contributed by atoms with Gasteiger partial charge in [0.1, 0.15) is 0 Å². The third-order valence-corrected chi connectivity index (χ3v) is 2.58. The summed E-state index contributed by atoms with van der Waals surface area (Å²) >= 11 is 4.01. The van der Waals surface area contributed by atoms with Crippen molar-refractivity contribution in [3.05, 3.63) is 0 Å². The normalized spacial score (nSPS) is 16.9. The Morgan fingerprint density at radius 3 is 2.15 bits per heavy atom. The SMILES string of the molecule is CCO[C@](CC)(CS)OS(C)(=O)=O. The first-order chi connectivity index (χ1) is 5.89.